The van der Waals surface area contributed by atoms with Gasteiger partial charge in [0.25, 0.3) is 0 Å². The maximum atomic E-state index is 5.30. The molecule has 0 aliphatic heterocycles. The van der Waals surface area contributed by atoms with Crippen LogP contribution in [0.25, 0.3) is 77.4 Å². The van der Waals surface area contributed by atoms with Crippen LogP contribution in [-0.2, 0) is 0 Å². The van der Waals surface area contributed by atoms with Gasteiger partial charge in [-0.05, 0) is 55.3 Å². The number of fused-ring (bicyclic) bond motifs is 7. The highest BCUT2D eigenvalue weighted by Crippen LogP contribution is 2.41. The number of hydrogen-bond acceptors (Lipinski definition) is 2. The highest BCUT2D eigenvalue weighted by molar-refractivity contribution is 6.19. The SMILES string of the molecule is C1=CCCC(n2c3ccccc3c3cc4c5ccccc5n(-c5nc6ccccc6nc5-c5ccccc5)c4cc32)=C1. The van der Waals surface area contributed by atoms with Gasteiger partial charge in [0, 0.05) is 32.8 Å². The molecule has 4 nitrogen and oxygen atoms in total. The second-order valence-corrected chi connectivity index (χ2v) is 11.0. The average Bonchev–Trinajstić information content (AvgIpc) is 3.56. The van der Waals surface area contributed by atoms with Gasteiger partial charge in [0.05, 0.1) is 33.1 Å². The van der Waals surface area contributed by atoms with Crippen molar-refractivity contribution in [1.82, 2.24) is 19.1 Å². The number of para-hydroxylation sites is 4. The molecule has 1 aliphatic carbocycles. The van der Waals surface area contributed by atoms with Crippen LogP contribution in [0.1, 0.15) is 12.8 Å². The Morgan fingerprint density at radius 3 is 1.86 bits per heavy atom. The lowest BCUT2D eigenvalue weighted by Crippen LogP contribution is -2.04. The van der Waals surface area contributed by atoms with Crippen molar-refractivity contribution in [3.63, 3.8) is 0 Å². The minimum atomic E-state index is 0.841. The monoisotopic (exact) mass is 538 g/mol. The molecule has 0 fully saturated rings. The van der Waals surface area contributed by atoms with Gasteiger partial charge in [0.2, 0.25) is 0 Å². The van der Waals surface area contributed by atoms with E-state index in [0.717, 1.165) is 52.0 Å². The predicted octanol–water partition coefficient (Wildman–Crippen LogP) is 9.69. The third kappa shape index (κ3) is 3.36. The molecule has 0 saturated heterocycles. The van der Waals surface area contributed by atoms with Gasteiger partial charge >= 0.3 is 0 Å². The molecule has 0 saturated carbocycles. The van der Waals surface area contributed by atoms with E-state index in [1.54, 1.807) is 0 Å². The van der Waals surface area contributed by atoms with Gasteiger partial charge in [0.1, 0.15) is 5.69 Å². The fourth-order valence-corrected chi connectivity index (χ4v) is 6.68. The topological polar surface area (TPSA) is 35.6 Å². The van der Waals surface area contributed by atoms with E-state index in [1.807, 2.05) is 30.3 Å². The van der Waals surface area contributed by atoms with Crippen LogP contribution in [0.5, 0.6) is 0 Å². The maximum Gasteiger partial charge on any atom is 0.165 e. The zero-order valence-electron chi connectivity index (χ0n) is 22.9. The van der Waals surface area contributed by atoms with Gasteiger partial charge in [-0.3, -0.25) is 4.57 Å². The normalized spacial score (nSPS) is 13.6. The summed E-state index contributed by atoms with van der Waals surface area (Å²) in [5.41, 5.74) is 9.72. The Kier molecular flexibility index (Phi) is 4.99. The van der Waals surface area contributed by atoms with Crippen LogP contribution < -0.4 is 0 Å². The van der Waals surface area contributed by atoms with E-state index in [2.05, 4.69) is 112 Å². The van der Waals surface area contributed by atoms with Crippen molar-refractivity contribution < 1.29 is 0 Å². The standard InChI is InChI=1S/C38H26N4/c1-3-13-25(14-4-1)37-38(40-32-20-10-9-19-31(32)39-37)42-34-22-12-8-18-28(34)30-23-29-27-17-7-11-21-33(27)41(35(29)24-36(30)42)26-15-5-2-6-16-26/h1-5,7-15,17-24H,6,16H2. The summed E-state index contributed by atoms with van der Waals surface area (Å²) in [6, 6.07) is 40.8. The van der Waals surface area contributed by atoms with Crippen molar-refractivity contribution in [3.8, 4) is 17.1 Å². The van der Waals surface area contributed by atoms with Crippen LogP contribution in [0.3, 0.4) is 0 Å². The largest absolute Gasteiger partial charge is 0.313 e. The average molecular weight is 539 g/mol. The molecule has 0 amide bonds. The third-order valence-electron chi connectivity index (χ3n) is 8.56. The number of allylic oxidation sites excluding steroid dienone is 4. The fraction of sp³-hybridized carbons (Fsp3) is 0.0526. The molecule has 42 heavy (non-hydrogen) atoms. The van der Waals surface area contributed by atoms with Crippen LogP contribution in [0, 0.1) is 0 Å². The Labute approximate surface area is 242 Å². The molecule has 5 aromatic carbocycles. The van der Waals surface area contributed by atoms with Gasteiger partial charge in [-0.1, -0.05) is 91.0 Å². The third-order valence-corrected chi connectivity index (χ3v) is 8.56. The molecule has 0 bridgehead atoms. The number of aromatic nitrogens is 4. The smallest absolute Gasteiger partial charge is 0.165 e. The van der Waals surface area contributed by atoms with Crippen LogP contribution in [0.4, 0.5) is 0 Å². The first kappa shape index (κ1) is 23.2. The molecule has 3 aromatic heterocycles. The summed E-state index contributed by atoms with van der Waals surface area (Å²) >= 11 is 0. The number of nitrogens with zero attached hydrogens (tertiary/aromatic N) is 4. The lowest BCUT2D eigenvalue weighted by atomic mass is 10.1. The molecule has 1 aliphatic rings. The Bertz CT molecular complexity index is 2400. The minimum Gasteiger partial charge on any atom is -0.313 e. The van der Waals surface area contributed by atoms with Crippen molar-refractivity contribution in [3.05, 3.63) is 133 Å². The van der Waals surface area contributed by atoms with E-state index in [0.29, 0.717) is 0 Å². The first-order valence-electron chi connectivity index (χ1n) is 14.5. The van der Waals surface area contributed by atoms with E-state index >= 15 is 0 Å². The number of benzene rings is 5. The molecular formula is C38H26N4. The van der Waals surface area contributed by atoms with Crippen LogP contribution in [-0.4, -0.2) is 19.1 Å². The van der Waals surface area contributed by atoms with Gasteiger partial charge < -0.3 is 4.57 Å². The predicted molar refractivity (Wildman–Crippen MR) is 175 cm³/mol. The second kappa shape index (κ2) is 9.02. The Balaban J connectivity index is 1.46. The molecule has 198 valence electrons. The zero-order valence-corrected chi connectivity index (χ0v) is 22.9. The minimum absolute atomic E-state index is 0.841. The molecule has 3 heterocycles. The van der Waals surface area contributed by atoms with E-state index < -0.39 is 0 Å². The molecule has 0 radical (unpaired) electrons. The lowest BCUT2D eigenvalue weighted by molar-refractivity contribution is 0.979. The van der Waals surface area contributed by atoms with E-state index in [4.69, 9.17) is 9.97 Å². The molecule has 9 rings (SSSR count). The first-order valence-corrected chi connectivity index (χ1v) is 14.5. The number of rotatable bonds is 3. The van der Waals surface area contributed by atoms with Crippen LogP contribution in [0.15, 0.2) is 133 Å². The van der Waals surface area contributed by atoms with Gasteiger partial charge in [0.15, 0.2) is 5.82 Å². The molecule has 4 heteroatoms. The molecule has 0 N–H and O–H groups in total. The van der Waals surface area contributed by atoms with Gasteiger partial charge in [-0.2, -0.15) is 0 Å². The van der Waals surface area contributed by atoms with Crippen molar-refractivity contribution in [2.24, 2.45) is 0 Å². The first-order chi connectivity index (χ1) is 20.8. The second-order valence-electron chi connectivity index (χ2n) is 11.0. The van der Waals surface area contributed by atoms with Gasteiger partial charge in [-0.25, -0.2) is 9.97 Å². The summed E-state index contributed by atoms with van der Waals surface area (Å²) in [7, 11) is 0. The summed E-state index contributed by atoms with van der Waals surface area (Å²) in [5, 5.41) is 4.97. The molecule has 0 atom stereocenters. The Morgan fingerprint density at radius 1 is 0.524 bits per heavy atom. The summed E-state index contributed by atoms with van der Waals surface area (Å²) in [6.07, 6.45) is 8.76. The number of hydrogen-bond donors (Lipinski definition) is 0. The fourth-order valence-electron chi connectivity index (χ4n) is 6.68. The molecular weight excluding hydrogens is 512 g/mol. The van der Waals surface area contributed by atoms with E-state index in [-0.39, 0.29) is 0 Å². The van der Waals surface area contributed by atoms with Gasteiger partial charge in [-0.15, -0.1) is 0 Å². The molecule has 0 unspecified atom stereocenters. The zero-order chi connectivity index (χ0) is 27.6. The highest BCUT2D eigenvalue weighted by atomic mass is 15.1. The van der Waals surface area contributed by atoms with Crippen LogP contribution >= 0.6 is 0 Å². The molecule has 8 aromatic rings. The quantitative estimate of drug-likeness (QED) is 0.224. The summed E-state index contributed by atoms with van der Waals surface area (Å²) in [5.74, 6) is 0.841. The Morgan fingerprint density at radius 2 is 1.14 bits per heavy atom. The lowest BCUT2D eigenvalue weighted by Gasteiger charge is -2.15. The van der Waals surface area contributed by atoms with Crippen molar-refractivity contribution in [2.75, 3.05) is 0 Å². The van der Waals surface area contributed by atoms with Crippen molar-refractivity contribution >= 4 is 60.3 Å². The maximum absolute atomic E-state index is 5.30. The summed E-state index contributed by atoms with van der Waals surface area (Å²) < 4.78 is 4.78. The summed E-state index contributed by atoms with van der Waals surface area (Å²) in [6.45, 7) is 0. The Hall–Kier alpha value is -5.48. The van der Waals surface area contributed by atoms with Crippen molar-refractivity contribution in [1.29, 1.82) is 0 Å². The van der Waals surface area contributed by atoms with Crippen molar-refractivity contribution in [2.45, 2.75) is 12.8 Å². The van der Waals surface area contributed by atoms with E-state index in [9.17, 15) is 0 Å². The summed E-state index contributed by atoms with van der Waals surface area (Å²) in [4.78, 5) is 10.5. The van der Waals surface area contributed by atoms with E-state index in [1.165, 1.54) is 38.3 Å². The molecule has 0 spiro atoms. The van der Waals surface area contributed by atoms with Crippen LogP contribution in [0.2, 0.25) is 0 Å². The highest BCUT2D eigenvalue weighted by Gasteiger charge is 2.22.